The minimum Gasteiger partial charge on any atom is -0.317 e. The van der Waals surface area contributed by atoms with Gasteiger partial charge < -0.3 is 4.98 Å². The van der Waals surface area contributed by atoms with E-state index in [9.17, 15) is 4.79 Å². The van der Waals surface area contributed by atoms with Gasteiger partial charge in [0.1, 0.15) is 11.9 Å². The Morgan fingerprint density at radius 1 is 1.32 bits per heavy atom. The van der Waals surface area contributed by atoms with Crippen molar-refractivity contribution in [1.29, 1.82) is 0 Å². The monoisotopic (exact) mass is 312 g/mol. The number of hydrogen-bond donors (Lipinski definition) is 2. The van der Waals surface area contributed by atoms with E-state index in [2.05, 4.69) is 45.0 Å². The molecule has 2 aliphatic heterocycles. The smallest absolute Gasteiger partial charge is 0.248 e. The van der Waals surface area contributed by atoms with Crippen LogP contribution in [0.15, 0.2) is 52.3 Å². The van der Waals surface area contributed by atoms with Gasteiger partial charge in [0.25, 0.3) is 0 Å². The summed E-state index contributed by atoms with van der Waals surface area (Å²) in [5.74, 6) is 0. The van der Waals surface area contributed by atoms with Gasteiger partial charge in [-0.05, 0) is 23.4 Å². The lowest BCUT2D eigenvalue weighted by Gasteiger charge is -2.25. The molecule has 2 aliphatic rings. The third kappa shape index (κ3) is 2.59. The quantitative estimate of drug-likeness (QED) is 0.908. The fourth-order valence-electron chi connectivity index (χ4n) is 3.09. The Balaban J connectivity index is 1.51. The molecule has 0 fully saturated rings. The van der Waals surface area contributed by atoms with Crippen LogP contribution in [0.25, 0.3) is 5.57 Å². The molecule has 4 heterocycles. The second kappa shape index (κ2) is 5.68. The molecular formula is C17H18N3OS+. The largest absolute Gasteiger partial charge is 0.317 e. The zero-order chi connectivity index (χ0) is 14.9. The molecule has 112 valence electrons. The third-order valence-corrected chi connectivity index (χ3v) is 5.11. The van der Waals surface area contributed by atoms with Crippen LogP contribution in [0.2, 0.25) is 0 Å². The molecule has 2 aromatic rings. The number of nitrogens with one attached hydrogen (secondary N) is 1. The van der Waals surface area contributed by atoms with E-state index in [0.717, 1.165) is 37.4 Å². The van der Waals surface area contributed by atoms with Gasteiger partial charge in [0.2, 0.25) is 5.56 Å². The Bertz CT molecular complexity index is 802. The SMILES string of the molecule is O=c1ccc2c([nH]1)C(C1=CCN(Cc3cccs3)CC1)=C[NH2+]2. The summed E-state index contributed by atoms with van der Waals surface area (Å²) < 4.78 is 0. The van der Waals surface area contributed by atoms with E-state index >= 15 is 0 Å². The van der Waals surface area contributed by atoms with Crippen LogP contribution in [0.1, 0.15) is 17.0 Å². The minimum absolute atomic E-state index is 0.0318. The van der Waals surface area contributed by atoms with Gasteiger partial charge in [0.05, 0.1) is 5.57 Å². The minimum atomic E-state index is -0.0318. The number of quaternary nitrogens is 1. The summed E-state index contributed by atoms with van der Waals surface area (Å²) in [7, 11) is 0. The number of nitrogens with two attached hydrogens (primary N) is 1. The van der Waals surface area contributed by atoms with Crippen molar-refractivity contribution in [3.8, 4) is 0 Å². The standard InChI is InChI=1S/C17H17N3OS/c21-16-4-3-15-17(19-16)14(10-18-15)12-5-7-20(8-6-12)11-13-2-1-9-22-13/h1-5,9-10,18H,6-8,11H2,(H,19,21)/p+1. The lowest BCUT2D eigenvalue weighted by atomic mass is 9.98. The molecule has 3 N–H and O–H groups in total. The third-order valence-electron chi connectivity index (χ3n) is 4.25. The molecule has 2 aromatic heterocycles. The Kier molecular flexibility index (Phi) is 3.54. The molecular weight excluding hydrogens is 294 g/mol. The molecule has 0 amide bonds. The van der Waals surface area contributed by atoms with Gasteiger partial charge in [-0.3, -0.25) is 15.0 Å². The van der Waals surface area contributed by atoms with Crippen molar-refractivity contribution in [2.75, 3.05) is 13.1 Å². The number of pyridine rings is 1. The van der Waals surface area contributed by atoms with Gasteiger partial charge in [-0.25, -0.2) is 0 Å². The maximum absolute atomic E-state index is 11.6. The summed E-state index contributed by atoms with van der Waals surface area (Å²) in [6, 6.07) is 7.78. The molecule has 22 heavy (non-hydrogen) atoms. The van der Waals surface area contributed by atoms with Crippen LogP contribution in [0.5, 0.6) is 0 Å². The van der Waals surface area contributed by atoms with Crippen molar-refractivity contribution >= 4 is 22.6 Å². The lowest BCUT2D eigenvalue weighted by molar-refractivity contribution is -0.491. The fraction of sp³-hybridized carbons (Fsp3) is 0.235. The number of nitrogens with zero attached hydrogens (tertiary/aromatic N) is 1. The highest BCUT2D eigenvalue weighted by atomic mass is 32.1. The van der Waals surface area contributed by atoms with Crippen LogP contribution in [-0.2, 0) is 6.54 Å². The van der Waals surface area contributed by atoms with Gasteiger partial charge in [-0.2, -0.15) is 0 Å². The van der Waals surface area contributed by atoms with Gasteiger partial charge >= 0.3 is 0 Å². The van der Waals surface area contributed by atoms with Gasteiger partial charge in [0, 0.05) is 36.6 Å². The predicted molar refractivity (Wildman–Crippen MR) is 88.9 cm³/mol. The van der Waals surface area contributed by atoms with E-state index in [-0.39, 0.29) is 5.56 Å². The van der Waals surface area contributed by atoms with E-state index in [4.69, 9.17) is 0 Å². The maximum atomic E-state index is 11.6. The number of fused-ring (bicyclic) bond motifs is 1. The Hall–Kier alpha value is -1.95. The van der Waals surface area contributed by atoms with E-state index in [0.29, 0.717) is 0 Å². The van der Waals surface area contributed by atoms with Crippen LogP contribution < -0.4 is 10.9 Å². The molecule has 0 saturated carbocycles. The maximum Gasteiger partial charge on any atom is 0.248 e. The van der Waals surface area contributed by atoms with Gasteiger partial charge in [-0.1, -0.05) is 12.1 Å². The Morgan fingerprint density at radius 3 is 3.05 bits per heavy atom. The van der Waals surface area contributed by atoms with E-state index < -0.39 is 0 Å². The fourth-order valence-corrected chi connectivity index (χ4v) is 3.84. The molecule has 4 nitrogen and oxygen atoms in total. The van der Waals surface area contributed by atoms with Gasteiger partial charge in [0.15, 0.2) is 5.69 Å². The summed E-state index contributed by atoms with van der Waals surface area (Å²) in [6.45, 7) is 3.06. The van der Waals surface area contributed by atoms with Crippen LogP contribution in [-0.4, -0.2) is 23.0 Å². The second-order valence-electron chi connectivity index (χ2n) is 5.69. The zero-order valence-electron chi connectivity index (χ0n) is 12.2. The summed E-state index contributed by atoms with van der Waals surface area (Å²) in [5.41, 5.74) is 4.58. The first-order chi connectivity index (χ1) is 10.8. The van der Waals surface area contributed by atoms with Crippen molar-refractivity contribution in [3.63, 3.8) is 0 Å². The topological polar surface area (TPSA) is 52.7 Å². The number of aromatic nitrogens is 1. The Labute approximate surface area is 132 Å². The summed E-state index contributed by atoms with van der Waals surface area (Å²) in [6.07, 6.45) is 5.46. The average molecular weight is 312 g/mol. The molecule has 0 atom stereocenters. The number of allylic oxidation sites excluding steroid dienone is 1. The molecule has 0 radical (unpaired) electrons. The molecule has 4 rings (SSSR count). The van der Waals surface area contributed by atoms with E-state index in [1.807, 2.05) is 17.4 Å². The number of aromatic amines is 1. The molecule has 0 bridgehead atoms. The molecule has 0 saturated heterocycles. The van der Waals surface area contributed by atoms with Gasteiger partial charge in [-0.15, -0.1) is 11.3 Å². The van der Waals surface area contributed by atoms with E-state index in [1.54, 1.807) is 6.07 Å². The summed E-state index contributed by atoms with van der Waals surface area (Å²) in [4.78, 5) is 18.4. The van der Waals surface area contributed by atoms with Crippen molar-refractivity contribution in [2.45, 2.75) is 13.0 Å². The average Bonchev–Trinajstić information content (AvgIpc) is 3.17. The van der Waals surface area contributed by atoms with Crippen molar-refractivity contribution in [2.24, 2.45) is 0 Å². The first-order valence-electron chi connectivity index (χ1n) is 7.52. The number of rotatable bonds is 3. The van der Waals surface area contributed by atoms with Crippen LogP contribution in [0.3, 0.4) is 0 Å². The first-order valence-corrected chi connectivity index (χ1v) is 8.40. The molecule has 0 spiro atoms. The van der Waals surface area contributed by atoms with Crippen LogP contribution >= 0.6 is 11.3 Å². The number of hydrogen-bond acceptors (Lipinski definition) is 3. The molecule has 0 aromatic carbocycles. The lowest BCUT2D eigenvalue weighted by Crippen LogP contribution is -2.69. The van der Waals surface area contributed by atoms with E-state index in [1.165, 1.54) is 16.0 Å². The first kappa shape index (κ1) is 13.7. The van der Waals surface area contributed by atoms with Crippen molar-refractivity contribution < 1.29 is 5.32 Å². The van der Waals surface area contributed by atoms with Crippen molar-refractivity contribution in [3.05, 3.63) is 68.4 Å². The Morgan fingerprint density at radius 2 is 2.27 bits per heavy atom. The number of thiophene rings is 1. The van der Waals surface area contributed by atoms with Crippen LogP contribution in [0.4, 0.5) is 5.69 Å². The molecule has 5 heteroatoms. The highest BCUT2D eigenvalue weighted by molar-refractivity contribution is 7.09. The highest BCUT2D eigenvalue weighted by Gasteiger charge is 2.24. The number of H-pyrrole nitrogens is 1. The highest BCUT2D eigenvalue weighted by Crippen LogP contribution is 2.31. The second-order valence-corrected chi connectivity index (χ2v) is 6.73. The molecule has 0 unspecified atom stereocenters. The van der Waals surface area contributed by atoms with Crippen molar-refractivity contribution in [1.82, 2.24) is 9.88 Å². The zero-order valence-corrected chi connectivity index (χ0v) is 13.0. The normalized spacial score (nSPS) is 18.0. The van der Waals surface area contributed by atoms with Crippen LogP contribution in [0, 0.1) is 0 Å². The summed E-state index contributed by atoms with van der Waals surface area (Å²) >= 11 is 1.82. The summed E-state index contributed by atoms with van der Waals surface area (Å²) in [5, 5.41) is 4.21. The molecule has 0 aliphatic carbocycles. The predicted octanol–water partition coefficient (Wildman–Crippen LogP) is 1.82.